The van der Waals surface area contributed by atoms with E-state index in [1.54, 1.807) is 11.8 Å². The molecule has 1 aromatic rings. The van der Waals surface area contributed by atoms with Crippen LogP contribution in [0.25, 0.3) is 0 Å². The van der Waals surface area contributed by atoms with E-state index in [2.05, 4.69) is 16.0 Å². The topological polar surface area (TPSA) is 45.6 Å². The lowest BCUT2D eigenvalue weighted by molar-refractivity contribution is -0.0586. The second kappa shape index (κ2) is 4.72. The van der Waals surface area contributed by atoms with Gasteiger partial charge >= 0.3 is 0 Å². The third kappa shape index (κ3) is 2.35. The Morgan fingerprint density at radius 3 is 2.94 bits per heavy atom. The number of rotatable bonds is 3. The zero-order valence-corrected chi connectivity index (χ0v) is 11.3. The molecule has 1 aliphatic heterocycles. The Bertz CT molecular complexity index is 420. The van der Waals surface area contributed by atoms with E-state index in [1.165, 1.54) is 0 Å². The summed E-state index contributed by atoms with van der Waals surface area (Å²) < 4.78 is 5.69. The monoisotopic (exact) mass is 266 g/mol. The molecule has 98 valence electrons. The predicted octanol–water partition coefficient (Wildman–Crippen LogP) is 1.53. The van der Waals surface area contributed by atoms with Crippen molar-refractivity contribution in [1.29, 1.82) is 0 Å². The molecule has 1 aromatic heterocycles. The zero-order valence-electron chi connectivity index (χ0n) is 10.5. The van der Waals surface area contributed by atoms with E-state index >= 15 is 0 Å². The molecule has 0 aromatic carbocycles. The summed E-state index contributed by atoms with van der Waals surface area (Å²) in [7, 11) is 0. The molecule has 1 aliphatic carbocycles. The zero-order chi connectivity index (χ0) is 12.6. The smallest absolute Gasteiger partial charge is 0.104 e. The highest BCUT2D eigenvalue weighted by Crippen LogP contribution is 2.41. The van der Waals surface area contributed by atoms with Gasteiger partial charge in [0.1, 0.15) is 6.10 Å². The number of aromatic nitrogens is 1. The molecule has 0 unspecified atom stereocenters. The van der Waals surface area contributed by atoms with Crippen LogP contribution in [0.4, 0.5) is 5.69 Å². The fourth-order valence-electron chi connectivity index (χ4n) is 2.34. The third-order valence-electron chi connectivity index (χ3n) is 3.72. The van der Waals surface area contributed by atoms with E-state index in [4.69, 9.17) is 4.74 Å². The van der Waals surface area contributed by atoms with Crippen molar-refractivity contribution in [2.75, 3.05) is 30.9 Å². The lowest BCUT2D eigenvalue weighted by atomic mass is 10.1. The van der Waals surface area contributed by atoms with Crippen LogP contribution in [0, 0.1) is 0 Å². The molecule has 2 aliphatic rings. The summed E-state index contributed by atoms with van der Waals surface area (Å²) in [6.07, 6.45) is 5.62. The lowest BCUT2D eigenvalue weighted by Gasteiger charge is -2.36. The van der Waals surface area contributed by atoms with Gasteiger partial charge in [-0.2, -0.15) is 0 Å². The average molecular weight is 266 g/mol. The van der Waals surface area contributed by atoms with E-state index in [9.17, 15) is 5.11 Å². The van der Waals surface area contributed by atoms with Crippen LogP contribution in [-0.4, -0.2) is 47.7 Å². The standard InChI is InChI=1S/C13H18N2O2S/c1-18-12-3-2-10(8-14-12)15-6-7-17-11(9-15)13(16)4-5-13/h2-3,8,11,16H,4-7,9H2,1H3/t11-/m0/s1. The molecular formula is C13H18N2O2S. The minimum absolute atomic E-state index is 0.0496. The Hall–Kier alpha value is -0.780. The van der Waals surface area contributed by atoms with Gasteiger partial charge in [0.15, 0.2) is 0 Å². The Labute approximate surface area is 111 Å². The second-order valence-corrected chi connectivity index (χ2v) is 5.79. The molecule has 3 rings (SSSR count). The Kier molecular flexibility index (Phi) is 3.21. The van der Waals surface area contributed by atoms with Crippen LogP contribution in [0.1, 0.15) is 12.8 Å². The van der Waals surface area contributed by atoms with Gasteiger partial charge in [-0.15, -0.1) is 11.8 Å². The largest absolute Gasteiger partial charge is 0.387 e. The van der Waals surface area contributed by atoms with Gasteiger partial charge in [-0.3, -0.25) is 0 Å². The Balaban J connectivity index is 1.71. The maximum absolute atomic E-state index is 10.1. The number of nitrogens with zero attached hydrogens (tertiary/aromatic N) is 2. The number of morpholine rings is 1. The molecule has 1 saturated carbocycles. The molecule has 18 heavy (non-hydrogen) atoms. The fraction of sp³-hybridized carbons (Fsp3) is 0.615. The van der Waals surface area contributed by atoms with Crippen LogP contribution in [0.15, 0.2) is 23.4 Å². The first-order valence-electron chi connectivity index (χ1n) is 6.30. The van der Waals surface area contributed by atoms with Crippen molar-refractivity contribution in [3.8, 4) is 0 Å². The number of pyridine rings is 1. The molecule has 1 atom stereocenters. The molecule has 1 N–H and O–H groups in total. The number of thioether (sulfide) groups is 1. The van der Waals surface area contributed by atoms with Gasteiger partial charge in [-0.05, 0) is 31.2 Å². The third-order valence-corrected chi connectivity index (χ3v) is 4.38. The van der Waals surface area contributed by atoms with Gasteiger partial charge in [-0.1, -0.05) is 0 Å². The summed E-state index contributed by atoms with van der Waals surface area (Å²) in [5, 5.41) is 11.2. The first-order valence-corrected chi connectivity index (χ1v) is 7.53. The van der Waals surface area contributed by atoms with Gasteiger partial charge in [0.05, 0.1) is 29.1 Å². The summed E-state index contributed by atoms with van der Waals surface area (Å²) in [5.74, 6) is 0. The van der Waals surface area contributed by atoms with Crippen molar-refractivity contribution in [2.24, 2.45) is 0 Å². The summed E-state index contributed by atoms with van der Waals surface area (Å²) in [5.41, 5.74) is 0.552. The highest BCUT2D eigenvalue weighted by Gasteiger charge is 2.50. The van der Waals surface area contributed by atoms with Crippen molar-refractivity contribution < 1.29 is 9.84 Å². The predicted molar refractivity (Wildman–Crippen MR) is 72.2 cm³/mol. The van der Waals surface area contributed by atoms with Crippen molar-refractivity contribution in [1.82, 2.24) is 4.98 Å². The van der Waals surface area contributed by atoms with Crippen molar-refractivity contribution in [3.05, 3.63) is 18.3 Å². The summed E-state index contributed by atoms with van der Waals surface area (Å²) in [6.45, 7) is 2.31. The minimum atomic E-state index is -0.564. The van der Waals surface area contributed by atoms with Crippen LogP contribution >= 0.6 is 11.8 Å². The maximum Gasteiger partial charge on any atom is 0.104 e. The van der Waals surface area contributed by atoms with E-state index in [1.807, 2.05) is 18.5 Å². The summed E-state index contributed by atoms with van der Waals surface area (Å²) in [4.78, 5) is 6.64. The van der Waals surface area contributed by atoms with Crippen molar-refractivity contribution in [2.45, 2.75) is 29.6 Å². The molecule has 0 bridgehead atoms. The number of anilines is 1. The quantitative estimate of drug-likeness (QED) is 0.841. The highest BCUT2D eigenvalue weighted by molar-refractivity contribution is 7.98. The molecular weight excluding hydrogens is 248 g/mol. The van der Waals surface area contributed by atoms with Crippen LogP contribution in [-0.2, 0) is 4.74 Å². The Morgan fingerprint density at radius 1 is 1.50 bits per heavy atom. The first kappa shape index (κ1) is 12.3. The molecule has 0 spiro atoms. The molecule has 5 heteroatoms. The Morgan fingerprint density at radius 2 is 2.33 bits per heavy atom. The number of hydrogen-bond acceptors (Lipinski definition) is 5. The normalized spacial score (nSPS) is 26.1. The minimum Gasteiger partial charge on any atom is -0.387 e. The summed E-state index contributed by atoms with van der Waals surface area (Å²) in [6, 6.07) is 4.13. The number of aliphatic hydroxyl groups is 1. The molecule has 1 saturated heterocycles. The van der Waals surface area contributed by atoms with Crippen LogP contribution in [0.5, 0.6) is 0 Å². The van der Waals surface area contributed by atoms with Crippen molar-refractivity contribution in [3.63, 3.8) is 0 Å². The van der Waals surface area contributed by atoms with Crippen LogP contribution in [0.3, 0.4) is 0 Å². The van der Waals surface area contributed by atoms with E-state index in [0.29, 0.717) is 6.61 Å². The molecule has 2 heterocycles. The van der Waals surface area contributed by atoms with Crippen LogP contribution < -0.4 is 4.90 Å². The second-order valence-electron chi connectivity index (χ2n) is 4.97. The molecule has 0 radical (unpaired) electrons. The summed E-state index contributed by atoms with van der Waals surface area (Å²) >= 11 is 1.64. The van der Waals surface area contributed by atoms with Gasteiger partial charge in [0.25, 0.3) is 0 Å². The van der Waals surface area contributed by atoms with Gasteiger partial charge in [0.2, 0.25) is 0 Å². The lowest BCUT2D eigenvalue weighted by Crippen LogP contribution is -2.48. The van der Waals surface area contributed by atoms with Gasteiger partial charge in [0, 0.05) is 13.1 Å². The maximum atomic E-state index is 10.1. The first-order chi connectivity index (χ1) is 8.71. The molecule has 4 nitrogen and oxygen atoms in total. The average Bonchev–Trinajstić information content (AvgIpc) is 3.18. The molecule has 0 amide bonds. The fourth-order valence-corrected chi connectivity index (χ4v) is 2.70. The number of hydrogen-bond donors (Lipinski definition) is 1. The van der Waals surface area contributed by atoms with Gasteiger partial charge < -0.3 is 14.7 Å². The van der Waals surface area contributed by atoms with E-state index in [0.717, 1.165) is 36.6 Å². The molecule has 2 fully saturated rings. The highest BCUT2D eigenvalue weighted by atomic mass is 32.2. The van der Waals surface area contributed by atoms with Gasteiger partial charge in [-0.25, -0.2) is 4.98 Å². The van der Waals surface area contributed by atoms with E-state index < -0.39 is 5.60 Å². The van der Waals surface area contributed by atoms with Crippen LogP contribution in [0.2, 0.25) is 0 Å². The SMILES string of the molecule is CSc1ccc(N2CCO[C@H](C3(O)CC3)C2)cn1. The van der Waals surface area contributed by atoms with Crippen molar-refractivity contribution >= 4 is 17.4 Å². The number of ether oxygens (including phenoxy) is 1. The van der Waals surface area contributed by atoms with E-state index in [-0.39, 0.29) is 6.10 Å².